The van der Waals surface area contributed by atoms with Crippen molar-refractivity contribution in [2.45, 2.75) is 322 Å². The van der Waals surface area contributed by atoms with Crippen LogP contribution in [0.4, 0.5) is 0 Å². The summed E-state index contributed by atoms with van der Waals surface area (Å²) in [7, 11) is 0. The molecule has 0 heterocycles. The number of allylic oxidation sites excluding steroid dienone is 12. The van der Waals surface area contributed by atoms with Crippen LogP contribution >= 0.6 is 0 Å². The molecule has 0 aromatic rings. The van der Waals surface area contributed by atoms with Gasteiger partial charge in [0.1, 0.15) is 13.2 Å². The Bertz CT molecular complexity index is 1360. The smallest absolute Gasteiger partial charge is 0.306 e. The SMILES string of the molecule is CC/C=C\C/C=C\C/C=C\C/C=C\CCCCCCCCCCCCC(=O)OCC(COC(=O)CCCCCCC/C=C\C/C=C\CCCC)OC(=O)CCCCCCCCCCCCCCCCCCCC. The van der Waals surface area contributed by atoms with Gasteiger partial charge in [-0.05, 0) is 83.5 Å². The number of rotatable bonds is 57. The number of ether oxygens (including phenoxy) is 3. The maximum atomic E-state index is 12.9. The summed E-state index contributed by atoms with van der Waals surface area (Å²) in [6.07, 6.45) is 79.0. The van der Waals surface area contributed by atoms with Gasteiger partial charge < -0.3 is 14.2 Å². The molecule has 422 valence electrons. The van der Waals surface area contributed by atoms with Gasteiger partial charge in [0.25, 0.3) is 0 Å². The third-order valence-electron chi connectivity index (χ3n) is 13.7. The van der Waals surface area contributed by atoms with Crippen molar-refractivity contribution in [3.05, 3.63) is 72.9 Å². The number of carbonyl (C=O) groups is 3. The fraction of sp³-hybridized carbons (Fsp3) is 0.776. The molecule has 0 aliphatic rings. The van der Waals surface area contributed by atoms with E-state index in [1.54, 1.807) is 0 Å². The lowest BCUT2D eigenvalue weighted by molar-refractivity contribution is -0.167. The minimum atomic E-state index is -0.782. The largest absolute Gasteiger partial charge is 0.462 e. The maximum absolute atomic E-state index is 12.9. The molecule has 6 nitrogen and oxygen atoms in total. The lowest BCUT2D eigenvalue weighted by atomic mass is 10.0. The van der Waals surface area contributed by atoms with Crippen LogP contribution in [0.3, 0.4) is 0 Å². The van der Waals surface area contributed by atoms with Gasteiger partial charge in [0.15, 0.2) is 6.10 Å². The van der Waals surface area contributed by atoms with Crippen LogP contribution < -0.4 is 0 Å². The second kappa shape index (κ2) is 61.4. The highest BCUT2D eigenvalue weighted by Gasteiger charge is 2.19. The van der Waals surface area contributed by atoms with Crippen LogP contribution in [-0.4, -0.2) is 37.2 Å². The van der Waals surface area contributed by atoms with Gasteiger partial charge in [-0.1, -0.05) is 286 Å². The van der Waals surface area contributed by atoms with E-state index in [9.17, 15) is 14.4 Å². The van der Waals surface area contributed by atoms with E-state index in [0.717, 1.165) is 103 Å². The monoisotopic (exact) mass is 1020 g/mol. The highest BCUT2D eigenvalue weighted by atomic mass is 16.6. The Hall–Kier alpha value is -3.15. The van der Waals surface area contributed by atoms with E-state index in [4.69, 9.17) is 14.2 Å². The number of carbonyl (C=O) groups excluding carboxylic acids is 3. The predicted octanol–water partition coefficient (Wildman–Crippen LogP) is 21.3. The molecule has 0 aromatic carbocycles. The van der Waals surface area contributed by atoms with Gasteiger partial charge in [-0.25, -0.2) is 0 Å². The molecule has 0 saturated heterocycles. The van der Waals surface area contributed by atoms with Crippen molar-refractivity contribution in [3.63, 3.8) is 0 Å². The number of hydrogen-bond acceptors (Lipinski definition) is 6. The zero-order valence-electron chi connectivity index (χ0n) is 48.4. The van der Waals surface area contributed by atoms with Gasteiger partial charge in [0.2, 0.25) is 0 Å². The first-order valence-electron chi connectivity index (χ1n) is 31.4. The van der Waals surface area contributed by atoms with E-state index in [2.05, 4.69) is 93.7 Å². The molecule has 0 radical (unpaired) electrons. The maximum Gasteiger partial charge on any atom is 0.306 e. The Morgan fingerprint density at radius 3 is 0.877 bits per heavy atom. The van der Waals surface area contributed by atoms with E-state index in [1.165, 1.54) is 173 Å². The van der Waals surface area contributed by atoms with E-state index >= 15 is 0 Å². The standard InChI is InChI=1S/C67H118O6/c1-4-7-10-13-16-19-22-25-28-30-32-33-34-35-36-38-39-42-45-48-51-54-57-60-66(69)72-63-64(62-71-65(68)59-56-53-50-47-44-41-27-24-21-18-15-12-9-6-3)73-67(70)61-58-55-52-49-46-43-40-37-31-29-26-23-20-17-14-11-8-5-2/h7,10,15-16,18-19,24-25,27-28,32-33,64H,4-6,8-9,11-14,17,20-23,26,29-31,34-63H2,1-3H3/b10-7-,18-15-,19-16-,27-24-,28-25-,33-32-. The first kappa shape index (κ1) is 69.8. The second-order valence-electron chi connectivity index (χ2n) is 20.9. The summed E-state index contributed by atoms with van der Waals surface area (Å²) in [5.74, 6) is -0.881. The molecule has 1 unspecified atom stereocenters. The third kappa shape index (κ3) is 59.6. The summed E-state index contributed by atoms with van der Waals surface area (Å²) in [6, 6.07) is 0. The highest BCUT2D eigenvalue weighted by molar-refractivity contribution is 5.71. The molecular formula is C67H118O6. The average Bonchev–Trinajstić information content (AvgIpc) is 3.39. The minimum absolute atomic E-state index is 0.0794. The molecule has 0 amide bonds. The van der Waals surface area contributed by atoms with Crippen LogP contribution in [0.25, 0.3) is 0 Å². The molecule has 0 rings (SSSR count). The molecule has 1 atom stereocenters. The molecule has 0 spiro atoms. The van der Waals surface area contributed by atoms with E-state index < -0.39 is 6.10 Å². The Balaban J connectivity index is 4.33. The predicted molar refractivity (Wildman–Crippen MR) is 316 cm³/mol. The normalized spacial score (nSPS) is 12.5. The quantitative estimate of drug-likeness (QED) is 0.0261. The molecule has 0 aliphatic carbocycles. The zero-order chi connectivity index (χ0) is 52.9. The third-order valence-corrected chi connectivity index (χ3v) is 13.7. The van der Waals surface area contributed by atoms with Gasteiger partial charge in [-0.15, -0.1) is 0 Å². The molecule has 0 aliphatic heterocycles. The van der Waals surface area contributed by atoms with Gasteiger partial charge in [-0.2, -0.15) is 0 Å². The van der Waals surface area contributed by atoms with Crippen molar-refractivity contribution in [3.8, 4) is 0 Å². The molecule has 0 aromatic heterocycles. The Labute approximate surface area is 453 Å². The van der Waals surface area contributed by atoms with Gasteiger partial charge in [0.05, 0.1) is 0 Å². The van der Waals surface area contributed by atoms with Gasteiger partial charge in [-0.3, -0.25) is 14.4 Å². The van der Waals surface area contributed by atoms with E-state index in [1.807, 2.05) is 0 Å². The molecule has 0 bridgehead atoms. The summed E-state index contributed by atoms with van der Waals surface area (Å²) < 4.78 is 16.9. The van der Waals surface area contributed by atoms with Crippen LogP contribution in [0.2, 0.25) is 0 Å². The van der Waals surface area contributed by atoms with Crippen LogP contribution in [0.5, 0.6) is 0 Å². The van der Waals surface area contributed by atoms with Crippen molar-refractivity contribution < 1.29 is 28.6 Å². The Morgan fingerprint density at radius 2 is 0.548 bits per heavy atom. The van der Waals surface area contributed by atoms with Crippen molar-refractivity contribution >= 4 is 17.9 Å². The number of hydrogen-bond donors (Lipinski definition) is 0. The topological polar surface area (TPSA) is 78.9 Å². The summed E-state index contributed by atoms with van der Waals surface area (Å²) in [6.45, 7) is 6.51. The molecule has 0 N–H and O–H groups in total. The summed E-state index contributed by atoms with van der Waals surface area (Å²) in [4.78, 5) is 38.3. The minimum Gasteiger partial charge on any atom is -0.462 e. The van der Waals surface area contributed by atoms with Crippen LogP contribution in [-0.2, 0) is 28.6 Å². The van der Waals surface area contributed by atoms with Gasteiger partial charge >= 0.3 is 17.9 Å². The van der Waals surface area contributed by atoms with Crippen LogP contribution in [0, 0.1) is 0 Å². The fourth-order valence-electron chi connectivity index (χ4n) is 8.98. The van der Waals surface area contributed by atoms with Crippen molar-refractivity contribution in [2.24, 2.45) is 0 Å². The van der Waals surface area contributed by atoms with E-state index in [0.29, 0.717) is 19.3 Å². The summed E-state index contributed by atoms with van der Waals surface area (Å²) >= 11 is 0. The fourth-order valence-corrected chi connectivity index (χ4v) is 8.98. The highest BCUT2D eigenvalue weighted by Crippen LogP contribution is 2.17. The molecule has 0 saturated carbocycles. The lowest BCUT2D eigenvalue weighted by Gasteiger charge is -2.18. The first-order valence-corrected chi connectivity index (χ1v) is 31.4. The van der Waals surface area contributed by atoms with Crippen molar-refractivity contribution in [1.82, 2.24) is 0 Å². The molecule has 0 fully saturated rings. The molecule has 6 heteroatoms. The van der Waals surface area contributed by atoms with Gasteiger partial charge in [0, 0.05) is 19.3 Å². The first-order chi connectivity index (χ1) is 36.0. The summed E-state index contributed by atoms with van der Waals surface area (Å²) in [5.41, 5.74) is 0. The lowest BCUT2D eigenvalue weighted by Crippen LogP contribution is -2.30. The molecule has 73 heavy (non-hydrogen) atoms. The van der Waals surface area contributed by atoms with Crippen LogP contribution in [0.15, 0.2) is 72.9 Å². The van der Waals surface area contributed by atoms with Crippen molar-refractivity contribution in [2.75, 3.05) is 13.2 Å². The molecular weight excluding hydrogens is 901 g/mol. The Kier molecular flexibility index (Phi) is 58.7. The Morgan fingerprint density at radius 1 is 0.288 bits per heavy atom. The van der Waals surface area contributed by atoms with E-state index in [-0.39, 0.29) is 31.1 Å². The average molecular weight is 1020 g/mol. The summed E-state index contributed by atoms with van der Waals surface area (Å²) in [5, 5.41) is 0. The zero-order valence-corrected chi connectivity index (χ0v) is 48.4. The van der Waals surface area contributed by atoms with Crippen molar-refractivity contribution in [1.29, 1.82) is 0 Å². The van der Waals surface area contributed by atoms with Crippen LogP contribution in [0.1, 0.15) is 316 Å². The number of esters is 3. The number of unbranched alkanes of at least 4 members (excludes halogenated alkanes) is 34. The second-order valence-corrected chi connectivity index (χ2v) is 20.9.